The third-order valence-corrected chi connectivity index (χ3v) is 3.05. The van der Waals surface area contributed by atoms with Gasteiger partial charge in [0.25, 0.3) is 0 Å². The molecule has 1 aromatic carbocycles. The highest BCUT2D eigenvalue weighted by molar-refractivity contribution is 9.10. The second kappa shape index (κ2) is 5.12. The van der Waals surface area contributed by atoms with Crippen LogP contribution in [0.4, 0.5) is 4.39 Å². The van der Waals surface area contributed by atoms with Crippen LogP contribution >= 0.6 is 15.9 Å². The summed E-state index contributed by atoms with van der Waals surface area (Å²) in [7, 11) is 0. The lowest BCUT2D eigenvalue weighted by Crippen LogP contribution is -2.01. The predicted octanol–water partition coefficient (Wildman–Crippen LogP) is 3.41. The van der Waals surface area contributed by atoms with E-state index in [0.717, 1.165) is 0 Å². The summed E-state index contributed by atoms with van der Waals surface area (Å²) in [6, 6.07) is 4.50. The van der Waals surface area contributed by atoms with Crippen molar-refractivity contribution in [2.75, 3.05) is 0 Å². The van der Waals surface area contributed by atoms with Crippen molar-refractivity contribution in [3.05, 3.63) is 45.9 Å². The Morgan fingerprint density at radius 2 is 2.06 bits per heavy atom. The van der Waals surface area contributed by atoms with Gasteiger partial charge in [-0.3, -0.25) is 0 Å². The number of halogens is 2. The molecule has 0 saturated heterocycles. The van der Waals surface area contributed by atoms with Crippen molar-refractivity contribution in [3.8, 4) is 11.4 Å². The van der Waals surface area contributed by atoms with Crippen LogP contribution in [0.25, 0.3) is 11.4 Å². The first kappa shape index (κ1) is 13.1. The highest BCUT2D eigenvalue weighted by Crippen LogP contribution is 2.23. The average Bonchev–Trinajstić information content (AvgIpc) is 2.26. The molecule has 3 nitrogen and oxygen atoms in total. The van der Waals surface area contributed by atoms with Gasteiger partial charge in [0.2, 0.25) is 0 Å². The van der Waals surface area contributed by atoms with Crippen molar-refractivity contribution < 1.29 is 9.50 Å². The summed E-state index contributed by atoms with van der Waals surface area (Å²) in [5, 5.41) is 9.51. The Morgan fingerprint density at radius 1 is 1.33 bits per heavy atom. The fourth-order valence-electron chi connectivity index (χ4n) is 1.71. The topological polar surface area (TPSA) is 46.0 Å². The van der Waals surface area contributed by atoms with Gasteiger partial charge in [0, 0.05) is 27.5 Å². The third-order valence-electron chi connectivity index (χ3n) is 2.59. The van der Waals surface area contributed by atoms with E-state index in [9.17, 15) is 9.50 Å². The molecule has 1 heterocycles. The highest BCUT2D eigenvalue weighted by Gasteiger charge is 2.10. The Kier molecular flexibility index (Phi) is 3.73. The molecular formula is C13H12BrFN2O. The molecule has 0 spiro atoms. The van der Waals surface area contributed by atoms with E-state index >= 15 is 0 Å². The van der Waals surface area contributed by atoms with E-state index in [4.69, 9.17) is 0 Å². The zero-order valence-electron chi connectivity index (χ0n) is 9.98. The molecule has 18 heavy (non-hydrogen) atoms. The van der Waals surface area contributed by atoms with Gasteiger partial charge < -0.3 is 5.11 Å². The summed E-state index contributed by atoms with van der Waals surface area (Å²) >= 11 is 3.23. The Morgan fingerprint density at radius 3 is 2.61 bits per heavy atom. The second-order valence-electron chi connectivity index (χ2n) is 4.07. The van der Waals surface area contributed by atoms with Crippen LogP contribution in [0.5, 0.6) is 0 Å². The van der Waals surface area contributed by atoms with E-state index in [1.165, 1.54) is 12.1 Å². The molecule has 0 fully saturated rings. The minimum Gasteiger partial charge on any atom is -0.389 e. The number of rotatable bonds is 2. The maximum atomic E-state index is 13.3. The lowest BCUT2D eigenvalue weighted by Gasteiger charge is -2.09. The van der Waals surface area contributed by atoms with Gasteiger partial charge in [-0.15, -0.1) is 0 Å². The second-order valence-corrected chi connectivity index (χ2v) is 4.98. The maximum Gasteiger partial charge on any atom is 0.159 e. The molecule has 5 heteroatoms. The smallest absolute Gasteiger partial charge is 0.159 e. The van der Waals surface area contributed by atoms with Gasteiger partial charge in [0.15, 0.2) is 5.82 Å². The van der Waals surface area contributed by atoms with E-state index in [2.05, 4.69) is 25.9 Å². The van der Waals surface area contributed by atoms with Gasteiger partial charge >= 0.3 is 0 Å². The Bertz CT molecular complexity index is 567. The number of hydrogen-bond donors (Lipinski definition) is 1. The van der Waals surface area contributed by atoms with Crippen LogP contribution in [0.2, 0.25) is 0 Å². The van der Waals surface area contributed by atoms with Crippen molar-refractivity contribution in [3.63, 3.8) is 0 Å². The van der Waals surface area contributed by atoms with Gasteiger partial charge in [-0.1, -0.05) is 15.9 Å². The molecule has 0 amide bonds. The predicted molar refractivity (Wildman–Crippen MR) is 70.5 cm³/mol. The molecule has 2 rings (SSSR count). The zero-order valence-corrected chi connectivity index (χ0v) is 11.6. The number of nitrogens with zero attached hydrogens (tertiary/aromatic N) is 2. The van der Waals surface area contributed by atoms with Crippen LogP contribution in [0, 0.1) is 12.7 Å². The van der Waals surface area contributed by atoms with Crippen molar-refractivity contribution in [2.24, 2.45) is 0 Å². The fourth-order valence-corrected chi connectivity index (χ4v) is 2.17. The van der Waals surface area contributed by atoms with E-state index < -0.39 is 6.10 Å². The van der Waals surface area contributed by atoms with Gasteiger partial charge in [-0.05, 0) is 32.0 Å². The van der Waals surface area contributed by atoms with E-state index in [0.29, 0.717) is 27.1 Å². The lowest BCUT2D eigenvalue weighted by atomic mass is 10.1. The van der Waals surface area contributed by atoms with E-state index in [1.807, 2.05) is 0 Å². The van der Waals surface area contributed by atoms with Crippen molar-refractivity contribution in [2.45, 2.75) is 20.0 Å². The normalized spacial score (nSPS) is 12.5. The molecule has 2 aromatic rings. The maximum absolute atomic E-state index is 13.3. The van der Waals surface area contributed by atoms with Gasteiger partial charge in [0.05, 0.1) is 6.10 Å². The summed E-state index contributed by atoms with van der Waals surface area (Å²) in [6.45, 7) is 3.45. The van der Waals surface area contributed by atoms with Crippen LogP contribution in [0.1, 0.15) is 24.3 Å². The highest BCUT2D eigenvalue weighted by atomic mass is 79.9. The quantitative estimate of drug-likeness (QED) is 0.924. The molecule has 0 unspecified atom stereocenters. The minimum atomic E-state index is -0.613. The molecule has 1 aromatic heterocycles. The van der Waals surface area contributed by atoms with Crippen molar-refractivity contribution in [1.82, 2.24) is 9.97 Å². The monoisotopic (exact) mass is 310 g/mol. The fraction of sp³-hybridized carbons (Fsp3) is 0.231. The third kappa shape index (κ3) is 2.73. The van der Waals surface area contributed by atoms with Crippen LogP contribution < -0.4 is 0 Å². The molecule has 0 aliphatic carbocycles. The van der Waals surface area contributed by atoms with E-state index in [1.54, 1.807) is 26.1 Å². The summed E-state index contributed by atoms with van der Waals surface area (Å²) in [5.41, 5.74) is 1.96. The Balaban J connectivity index is 2.48. The number of hydrogen-bond acceptors (Lipinski definition) is 3. The summed E-state index contributed by atoms with van der Waals surface area (Å²) < 4.78 is 13.9. The summed E-state index contributed by atoms with van der Waals surface area (Å²) in [6.07, 6.45) is 0.958. The summed E-state index contributed by atoms with van der Waals surface area (Å²) in [4.78, 5) is 8.44. The number of aromatic nitrogens is 2. The summed E-state index contributed by atoms with van der Waals surface area (Å²) in [5.74, 6) is 0.0948. The van der Waals surface area contributed by atoms with Crippen LogP contribution in [0.15, 0.2) is 28.9 Å². The standard InChI is InChI=1S/C13H12BrFN2O/c1-7-12(8(2)18)6-16-13(17-7)9-3-10(14)5-11(15)4-9/h3-6,8,18H,1-2H3/t8-/m0/s1. The van der Waals surface area contributed by atoms with Crippen molar-refractivity contribution in [1.29, 1.82) is 0 Å². The Labute approximate surface area is 113 Å². The lowest BCUT2D eigenvalue weighted by molar-refractivity contribution is 0.197. The van der Waals surface area contributed by atoms with Crippen LogP contribution in [-0.2, 0) is 0 Å². The molecule has 1 atom stereocenters. The molecule has 0 saturated carbocycles. The first-order chi connectivity index (χ1) is 8.47. The zero-order chi connectivity index (χ0) is 13.3. The van der Waals surface area contributed by atoms with E-state index in [-0.39, 0.29) is 5.82 Å². The number of benzene rings is 1. The minimum absolute atomic E-state index is 0.347. The molecule has 1 N–H and O–H groups in total. The number of aliphatic hydroxyl groups is 1. The van der Waals surface area contributed by atoms with Gasteiger partial charge in [-0.25, -0.2) is 14.4 Å². The average molecular weight is 311 g/mol. The molecule has 0 radical (unpaired) electrons. The molecule has 0 aliphatic heterocycles. The first-order valence-corrected chi connectivity index (χ1v) is 6.24. The molecular weight excluding hydrogens is 299 g/mol. The van der Waals surface area contributed by atoms with Gasteiger partial charge in [-0.2, -0.15) is 0 Å². The molecule has 0 bridgehead atoms. The SMILES string of the molecule is Cc1nc(-c2cc(F)cc(Br)c2)ncc1[C@H](C)O. The van der Waals surface area contributed by atoms with Crippen molar-refractivity contribution >= 4 is 15.9 Å². The first-order valence-electron chi connectivity index (χ1n) is 5.45. The van der Waals surface area contributed by atoms with Crippen LogP contribution in [-0.4, -0.2) is 15.1 Å². The number of aliphatic hydroxyl groups excluding tert-OH is 1. The largest absolute Gasteiger partial charge is 0.389 e. The van der Waals surface area contributed by atoms with Gasteiger partial charge in [0.1, 0.15) is 5.82 Å². The van der Waals surface area contributed by atoms with Crippen LogP contribution in [0.3, 0.4) is 0 Å². The number of aryl methyl sites for hydroxylation is 1. The molecule has 0 aliphatic rings. The molecule has 94 valence electrons. The Hall–Kier alpha value is -1.33.